The van der Waals surface area contributed by atoms with Gasteiger partial charge in [0.15, 0.2) is 0 Å². The maximum Gasteiger partial charge on any atom is 0.248 e. The smallest absolute Gasteiger partial charge is 0.248 e. The number of phenols is 1. The fraction of sp³-hybridized carbons (Fsp3) is 0.208. The number of carbonyl (C=O) groups excluding carboxylic acids is 1. The molecule has 0 bridgehead atoms. The Labute approximate surface area is 205 Å². The molecule has 0 aliphatic heterocycles. The normalized spacial score (nSPS) is 11.2. The van der Waals surface area contributed by atoms with Crippen LogP contribution in [0.3, 0.4) is 0 Å². The van der Waals surface area contributed by atoms with Gasteiger partial charge in [-0.2, -0.15) is 5.26 Å². The highest BCUT2D eigenvalue weighted by Crippen LogP contribution is 2.35. The topological polar surface area (TPSA) is 142 Å². The minimum atomic E-state index is -0.587. The summed E-state index contributed by atoms with van der Waals surface area (Å²) >= 11 is 5.86. The number of carbonyl (C=O) groups is 1. The van der Waals surface area contributed by atoms with Crippen LogP contribution in [0, 0.1) is 17.1 Å². The highest BCUT2D eigenvalue weighted by molar-refractivity contribution is 6.31. The average Bonchev–Trinajstić information content (AvgIpc) is 2.82. The third-order valence-electron chi connectivity index (χ3n) is 5.02. The summed E-state index contributed by atoms with van der Waals surface area (Å²) in [6.45, 7) is 0.874. The van der Waals surface area contributed by atoms with Crippen molar-refractivity contribution in [1.82, 2.24) is 9.88 Å². The lowest BCUT2D eigenvalue weighted by Crippen LogP contribution is -2.30. The molecule has 0 atom stereocenters. The lowest BCUT2D eigenvalue weighted by atomic mass is 10.1. The third kappa shape index (κ3) is 6.65. The van der Waals surface area contributed by atoms with Gasteiger partial charge in [0.1, 0.15) is 17.6 Å². The number of phenolic OH excluding ortho intramolecular Hbond substituents is 1. The van der Waals surface area contributed by atoms with Crippen molar-refractivity contribution < 1.29 is 24.5 Å². The maximum atomic E-state index is 13.5. The number of hydrogen-bond donors (Lipinski definition) is 5. The molecule has 2 aromatic carbocycles. The molecule has 0 aliphatic carbocycles. The van der Waals surface area contributed by atoms with Crippen LogP contribution in [0.2, 0.25) is 5.02 Å². The van der Waals surface area contributed by atoms with E-state index in [-0.39, 0.29) is 35.2 Å². The van der Waals surface area contributed by atoms with Crippen molar-refractivity contribution in [2.24, 2.45) is 0 Å². The first-order valence-electron chi connectivity index (χ1n) is 10.6. The Bertz CT molecular complexity index is 1290. The van der Waals surface area contributed by atoms with E-state index in [0.717, 1.165) is 0 Å². The second-order valence-corrected chi connectivity index (χ2v) is 7.85. The van der Waals surface area contributed by atoms with Gasteiger partial charge in [-0.25, -0.2) is 4.39 Å². The van der Waals surface area contributed by atoms with Crippen molar-refractivity contribution in [3.8, 4) is 11.8 Å². The van der Waals surface area contributed by atoms with Crippen LogP contribution >= 0.6 is 11.6 Å². The highest BCUT2D eigenvalue weighted by atomic mass is 35.5. The Morgan fingerprint density at radius 3 is 2.63 bits per heavy atom. The van der Waals surface area contributed by atoms with E-state index in [4.69, 9.17) is 21.8 Å². The van der Waals surface area contributed by atoms with Crippen molar-refractivity contribution in [2.45, 2.75) is 0 Å². The Hall–Kier alpha value is -3.75. The van der Waals surface area contributed by atoms with Crippen LogP contribution in [0.5, 0.6) is 5.75 Å². The molecule has 182 valence electrons. The van der Waals surface area contributed by atoms with Gasteiger partial charge in [0.25, 0.3) is 0 Å². The molecule has 3 rings (SSSR count). The number of pyridine rings is 1. The number of fused-ring (bicyclic) bond motifs is 1. The maximum absolute atomic E-state index is 13.5. The minimum Gasteiger partial charge on any atom is -0.506 e. The largest absolute Gasteiger partial charge is 0.506 e. The van der Waals surface area contributed by atoms with Crippen LogP contribution in [0.4, 0.5) is 21.5 Å². The first-order valence-corrected chi connectivity index (χ1v) is 10.9. The third-order valence-corrected chi connectivity index (χ3v) is 5.31. The number of aliphatic hydroxyl groups is 2. The minimum absolute atomic E-state index is 0.0792. The fourth-order valence-electron chi connectivity index (χ4n) is 3.33. The van der Waals surface area contributed by atoms with Crippen molar-refractivity contribution in [2.75, 3.05) is 43.5 Å². The van der Waals surface area contributed by atoms with Gasteiger partial charge >= 0.3 is 0 Å². The molecular formula is C24H23ClFN5O4. The van der Waals surface area contributed by atoms with E-state index < -0.39 is 11.7 Å². The van der Waals surface area contributed by atoms with E-state index in [1.54, 1.807) is 11.0 Å². The highest BCUT2D eigenvalue weighted by Gasteiger charge is 2.14. The number of aromatic hydroxyl groups is 1. The summed E-state index contributed by atoms with van der Waals surface area (Å²) in [5, 5.41) is 44.0. The average molecular weight is 500 g/mol. The van der Waals surface area contributed by atoms with E-state index in [2.05, 4.69) is 15.6 Å². The van der Waals surface area contributed by atoms with Crippen LogP contribution in [0.25, 0.3) is 10.9 Å². The number of nitrogens with one attached hydrogen (secondary N) is 2. The Morgan fingerprint density at radius 2 is 1.97 bits per heavy atom. The molecule has 3 aromatic rings. The van der Waals surface area contributed by atoms with Gasteiger partial charge in [-0.1, -0.05) is 17.7 Å². The van der Waals surface area contributed by atoms with Crippen LogP contribution in [-0.2, 0) is 4.79 Å². The van der Waals surface area contributed by atoms with Gasteiger partial charge in [0.05, 0.1) is 40.7 Å². The number of aromatic nitrogens is 1. The zero-order chi connectivity index (χ0) is 25.4. The number of nitrogens with zero attached hydrogens (tertiary/aromatic N) is 3. The first-order chi connectivity index (χ1) is 16.9. The van der Waals surface area contributed by atoms with Gasteiger partial charge in [0, 0.05) is 49.0 Å². The van der Waals surface area contributed by atoms with Gasteiger partial charge < -0.3 is 26.0 Å². The van der Waals surface area contributed by atoms with E-state index in [0.29, 0.717) is 41.9 Å². The number of aliphatic hydroxyl groups excluding tert-OH is 2. The summed E-state index contributed by atoms with van der Waals surface area (Å²) in [5.74, 6) is -1.33. The standard InChI is InChI=1S/C24H23ClFN5O4/c25-18-10-16(3-4-19(18)26)29-24-15(13-27)14-28-20-12-22(34)21(11-17(20)24)30-23(35)2-1-5-31(6-8-32)7-9-33/h1-4,10-12,14,32-34H,5-9H2,(H,28,29)(H,30,35)/b2-1+. The van der Waals surface area contributed by atoms with Crippen molar-refractivity contribution in [1.29, 1.82) is 5.26 Å². The van der Waals surface area contributed by atoms with Crippen molar-refractivity contribution in [3.05, 3.63) is 65.1 Å². The van der Waals surface area contributed by atoms with Crippen LogP contribution in [0.1, 0.15) is 5.56 Å². The monoisotopic (exact) mass is 499 g/mol. The molecule has 1 aromatic heterocycles. The van der Waals surface area contributed by atoms with E-state index in [1.165, 1.54) is 42.6 Å². The second-order valence-electron chi connectivity index (χ2n) is 7.44. The number of rotatable bonds is 10. The summed E-state index contributed by atoms with van der Waals surface area (Å²) < 4.78 is 13.5. The molecule has 0 saturated heterocycles. The summed E-state index contributed by atoms with van der Waals surface area (Å²) in [4.78, 5) is 18.4. The van der Waals surface area contributed by atoms with Crippen molar-refractivity contribution in [3.63, 3.8) is 0 Å². The molecule has 0 spiro atoms. The summed E-state index contributed by atoms with van der Waals surface area (Å²) in [7, 11) is 0. The quantitative estimate of drug-likeness (QED) is 0.211. The lowest BCUT2D eigenvalue weighted by Gasteiger charge is -2.17. The van der Waals surface area contributed by atoms with Crippen molar-refractivity contribution >= 4 is 45.5 Å². The number of hydrogen-bond acceptors (Lipinski definition) is 8. The zero-order valence-electron chi connectivity index (χ0n) is 18.5. The molecule has 9 nitrogen and oxygen atoms in total. The predicted molar refractivity (Wildman–Crippen MR) is 131 cm³/mol. The van der Waals surface area contributed by atoms with Gasteiger partial charge in [-0.05, 0) is 24.3 Å². The summed E-state index contributed by atoms with van der Waals surface area (Å²) in [6.07, 6.45) is 4.18. The van der Waals surface area contributed by atoms with Gasteiger partial charge in [-0.15, -0.1) is 0 Å². The molecule has 1 heterocycles. The summed E-state index contributed by atoms with van der Waals surface area (Å²) in [5.41, 5.74) is 1.40. The second kappa shape index (κ2) is 12.1. The fourth-order valence-corrected chi connectivity index (χ4v) is 3.51. The first kappa shape index (κ1) is 25.9. The van der Waals surface area contributed by atoms with E-state index in [9.17, 15) is 19.6 Å². The molecule has 11 heteroatoms. The molecule has 0 radical (unpaired) electrons. The number of amides is 1. The number of nitriles is 1. The van der Waals surface area contributed by atoms with Gasteiger partial charge in [0.2, 0.25) is 5.91 Å². The molecule has 0 fully saturated rings. The van der Waals surface area contributed by atoms with E-state index >= 15 is 0 Å². The number of anilines is 3. The summed E-state index contributed by atoms with van der Waals surface area (Å²) in [6, 6.07) is 8.87. The SMILES string of the molecule is N#Cc1cnc2cc(O)c(NC(=O)/C=C/CN(CCO)CCO)cc2c1Nc1ccc(F)c(Cl)c1. The predicted octanol–water partition coefficient (Wildman–Crippen LogP) is 3.13. The van der Waals surface area contributed by atoms with E-state index in [1.807, 2.05) is 6.07 Å². The molecule has 1 amide bonds. The number of halogens is 2. The Balaban J connectivity index is 1.88. The lowest BCUT2D eigenvalue weighted by molar-refractivity contribution is -0.111. The molecular weight excluding hydrogens is 477 g/mol. The number of benzene rings is 2. The van der Waals surface area contributed by atoms with Crippen LogP contribution < -0.4 is 10.6 Å². The zero-order valence-corrected chi connectivity index (χ0v) is 19.3. The van der Waals surface area contributed by atoms with Crippen LogP contribution in [0.15, 0.2) is 48.7 Å². The van der Waals surface area contributed by atoms with Crippen LogP contribution in [-0.4, -0.2) is 64.0 Å². The molecule has 0 unspecified atom stereocenters. The Morgan fingerprint density at radius 1 is 1.23 bits per heavy atom. The molecule has 0 saturated carbocycles. The van der Waals surface area contributed by atoms with Gasteiger partial charge in [-0.3, -0.25) is 14.7 Å². The molecule has 5 N–H and O–H groups in total. The Kier molecular flexibility index (Phi) is 8.94. The molecule has 35 heavy (non-hydrogen) atoms. The molecule has 0 aliphatic rings.